The maximum atomic E-state index is 12.5. The number of nitrogens with one attached hydrogen (secondary N) is 1. The Hall–Kier alpha value is -0.610. The number of rotatable bonds is 5. The van der Waals surface area contributed by atoms with Gasteiger partial charge in [0.2, 0.25) is 5.91 Å². The van der Waals surface area contributed by atoms with E-state index in [0.29, 0.717) is 12.5 Å². The zero-order valence-corrected chi connectivity index (χ0v) is 13.2. The second kappa shape index (κ2) is 6.02. The van der Waals surface area contributed by atoms with Crippen LogP contribution in [0, 0.1) is 11.3 Å². The van der Waals surface area contributed by atoms with Crippen molar-refractivity contribution in [3.63, 3.8) is 0 Å². The van der Waals surface area contributed by atoms with Gasteiger partial charge in [0.15, 0.2) is 0 Å². The van der Waals surface area contributed by atoms with Crippen molar-refractivity contribution < 1.29 is 9.90 Å². The minimum Gasteiger partial charge on any atom is -0.388 e. The fourth-order valence-electron chi connectivity index (χ4n) is 3.55. The van der Waals surface area contributed by atoms with Crippen LogP contribution in [-0.2, 0) is 4.79 Å². The second-order valence-electron chi connectivity index (χ2n) is 7.44. The van der Waals surface area contributed by atoms with Crippen LogP contribution in [0.4, 0.5) is 0 Å². The van der Waals surface area contributed by atoms with Crippen LogP contribution in [0.3, 0.4) is 0 Å². The molecule has 0 spiro atoms. The molecule has 2 rings (SSSR count). The van der Waals surface area contributed by atoms with Gasteiger partial charge in [0.05, 0.1) is 5.60 Å². The molecule has 20 heavy (non-hydrogen) atoms. The van der Waals surface area contributed by atoms with Crippen molar-refractivity contribution in [1.29, 1.82) is 0 Å². The average molecular weight is 282 g/mol. The van der Waals surface area contributed by atoms with Crippen molar-refractivity contribution in [3.8, 4) is 0 Å². The third kappa shape index (κ3) is 3.53. The first kappa shape index (κ1) is 15.8. The molecule has 1 saturated carbocycles. The zero-order chi connectivity index (χ0) is 14.8. The summed E-state index contributed by atoms with van der Waals surface area (Å²) in [5, 5.41) is 13.6. The molecule has 0 aromatic rings. The second-order valence-corrected chi connectivity index (χ2v) is 7.44. The molecule has 0 aromatic carbocycles. The molecule has 1 heterocycles. The van der Waals surface area contributed by atoms with E-state index in [9.17, 15) is 9.90 Å². The third-order valence-corrected chi connectivity index (χ3v) is 5.09. The SMILES string of the molecule is CC(C)CC1(C(=O)NCC2(O)CCN(C)CC2)CCC1. The topological polar surface area (TPSA) is 52.6 Å². The molecule has 2 N–H and O–H groups in total. The predicted octanol–water partition coefficient (Wildman–Crippen LogP) is 1.78. The molecule has 0 bridgehead atoms. The van der Waals surface area contributed by atoms with E-state index in [1.165, 1.54) is 0 Å². The van der Waals surface area contributed by atoms with Gasteiger partial charge in [-0.2, -0.15) is 0 Å². The van der Waals surface area contributed by atoms with Crippen molar-refractivity contribution in [3.05, 3.63) is 0 Å². The Morgan fingerprint density at radius 2 is 1.85 bits per heavy atom. The first-order valence-corrected chi connectivity index (χ1v) is 8.05. The molecule has 1 saturated heterocycles. The van der Waals surface area contributed by atoms with Gasteiger partial charge >= 0.3 is 0 Å². The fourth-order valence-corrected chi connectivity index (χ4v) is 3.55. The molecule has 1 aliphatic carbocycles. The van der Waals surface area contributed by atoms with Crippen molar-refractivity contribution in [2.45, 2.75) is 58.0 Å². The molecule has 0 aromatic heterocycles. The van der Waals surface area contributed by atoms with Crippen LogP contribution >= 0.6 is 0 Å². The van der Waals surface area contributed by atoms with Crippen molar-refractivity contribution >= 4 is 5.91 Å². The standard InChI is InChI=1S/C16H30N2O2/c1-13(2)11-15(5-4-6-15)14(19)17-12-16(20)7-9-18(3)10-8-16/h13,20H,4-12H2,1-3H3,(H,17,19). The summed E-state index contributed by atoms with van der Waals surface area (Å²) in [6.07, 6.45) is 5.66. The minimum atomic E-state index is -0.703. The highest BCUT2D eigenvalue weighted by Gasteiger charge is 2.44. The van der Waals surface area contributed by atoms with E-state index >= 15 is 0 Å². The molecule has 4 heteroatoms. The molecule has 0 atom stereocenters. The highest BCUT2D eigenvalue weighted by Crippen LogP contribution is 2.46. The fraction of sp³-hybridized carbons (Fsp3) is 0.938. The lowest BCUT2D eigenvalue weighted by Gasteiger charge is -2.43. The Morgan fingerprint density at radius 3 is 2.30 bits per heavy atom. The van der Waals surface area contributed by atoms with Crippen LogP contribution in [0.5, 0.6) is 0 Å². The first-order valence-electron chi connectivity index (χ1n) is 8.05. The van der Waals surface area contributed by atoms with E-state index in [1.54, 1.807) is 0 Å². The largest absolute Gasteiger partial charge is 0.388 e. The summed E-state index contributed by atoms with van der Waals surface area (Å²) in [7, 11) is 2.07. The quantitative estimate of drug-likeness (QED) is 0.808. The number of hydrogen-bond donors (Lipinski definition) is 2. The van der Waals surface area contributed by atoms with Crippen molar-refractivity contribution in [2.24, 2.45) is 11.3 Å². The van der Waals surface area contributed by atoms with E-state index in [2.05, 4.69) is 31.1 Å². The van der Waals surface area contributed by atoms with E-state index in [4.69, 9.17) is 0 Å². The van der Waals surface area contributed by atoms with Crippen LogP contribution in [0.15, 0.2) is 0 Å². The molecule has 2 aliphatic rings. The Bertz CT molecular complexity index is 342. The number of carbonyl (C=O) groups is 1. The van der Waals surface area contributed by atoms with Gasteiger partial charge in [0.25, 0.3) is 0 Å². The number of piperidine rings is 1. The van der Waals surface area contributed by atoms with Gasteiger partial charge in [0.1, 0.15) is 0 Å². The molecule has 1 amide bonds. The highest BCUT2D eigenvalue weighted by atomic mass is 16.3. The lowest BCUT2D eigenvalue weighted by atomic mass is 9.64. The van der Waals surface area contributed by atoms with Crippen molar-refractivity contribution in [2.75, 3.05) is 26.7 Å². The average Bonchev–Trinajstić information content (AvgIpc) is 2.35. The van der Waals surface area contributed by atoms with Gasteiger partial charge < -0.3 is 15.3 Å². The normalized spacial score (nSPS) is 25.2. The maximum Gasteiger partial charge on any atom is 0.226 e. The molecule has 1 aliphatic heterocycles. The first-order chi connectivity index (χ1) is 9.35. The van der Waals surface area contributed by atoms with Crippen LogP contribution in [0.2, 0.25) is 0 Å². The number of amides is 1. The number of hydrogen-bond acceptors (Lipinski definition) is 3. The summed E-state index contributed by atoms with van der Waals surface area (Å²) in [6.45, 7) is 6.59. The maximum absolute atomic E-state index is 12.5. The Labute approximate surface area is 122 Å². The van der Waals surface area contributed by atoms with Crippen LogP contribution < -0.4 is 5.32 Å². The Kier molecular flexibility index (Phi) is 4.75. The van der Waals surface area contributed by atoms with E-state index in [0.717, 1.165) is 51.6 Å². The van der Waals surface area contributed by atoms with E-state index in [1.807, 2.05) is 0 Å². The summed E-state index contributed by atoms with van der Waals surface area (Å²) >= 11 is 0. The molecule has 116 valence electrons. The van der Waals surface area contributed by atoms with Crippen LogP contribution in [0.1, 0.15) is 52.4 Å². The summed E-state index contributed by atoms with van der Waals surface area (Å²) < 4.78 is 0. The van der Waals surface area contributed by atoms with E-state index < -0.39 is 5.60 Å². The van der Waals surface area contributed by atoms with Gasteiger partial charge in [-0.3, -0.25) is 4.79 Å². The molecule has 0 unspecified atom stereocenters. The lowest BCUT2D eigenvalue weighted by Crippen LogP contribution is -2.54. The number of carbonyl (C=O) groups excluding carboxylic acids is 1. The van der Waals surface area contributed by atoms with Crippen LogP contribution in [0.25, 0.3) is 0 Å². The monoisotopic (exact) mass is 282 g/mol. The smallest absolute Gasteiger partial charge is 0.226 e. The molecular weight excluding hydrogens is 252 g/mol. The molecule has 4 nitrogen and oxygen atoms in total. The number of nitrogens with zero attached hydrogens (tertiary/aromatic N) is 1. The molecule has 0 radical (unpaired) electrons. The van der Waals surface area contributed by atoms with Crippen molar-refractivity contribution in [1.82, 2.24) is 10.2 Å². The van der Waals surface area contributed by atoms with Crippen LogP contribution in [-0.4, -0.2) is 48.2 Å². The minimum absolute atomic E-state index is 0.143. The molecular formula is C16H30N2O2. The van der Waals surface area contributed by atoms with Gasteiger partial charge in [-0.1, -0.05) is 20.3 Å². The number of likely N-dealkylation sites (tertiary alicyclic amines) is 1. The Balaban J connectivity index is 1.85. The van der Waals surface area contributed by atoms with Gasteiger partial charge in [-0.25, -0.2) is 0 Å². The number of aliphatic hydroxyl groups is 1. The van der Waals surface area contributed by atoms with Gasteiger partial charge in [-0.15, -0.1) is 0 Å². The Morgan fingerprint density at radius 1 is 1.25 bits per heavy atom. The predicted molar refractivity (Wildman–Crippen MR) is 80.4 cm³/mol. The highest BCUT2D eigenvalue weighted by molar-refractivity contribution is 5.83. The summed E-state index contributed by atoms with van der Waals surface area (Å²) in [4.78, 5) is 14.7. The lowest BCUT2D eigenvalue weighted by molar-refractivity contribution is -0.139. The van der Waals surface area contributed by atoms with E-state index in [-0.39, 0.29) is 11.3 Å². The molecule has 2 fully saturated rings. The van der Waals surface area contributed by atoms with Gasteiger partial charge in [-0.05, 0) is 45.1 Å². The van der Waals surface area contributed by atoms with Gasteiger partial charge in [0, 0.05) is 25.0 Å². The third-order valence-electron chi connectivity index (χ3n) is 5.09. The summed E-state index contributed by atoms with van der Waals surface area (Å²) in [6, 6.07) is 0. The summed E-state index contributed by atoms with van der Waals surface area (Å²) in [5.74, 6) is 0.720. The summed E-state index contributed by atoms with van der Waals surface area (Å²) in [5.41, 5.74) is -0.846. The zero-order valence-electron chi connectivity index (χ0n) is 13.2.